The lowest BCUT2D eigenvalue weighted by Gasteiger charge is -2.13. The average Bonchev–Trinajstić information content (AvgIpc) is 3.46. The first-order valence-electron chi connectivity index (χ1n) is 11.1. The van der Waals surface area contributed by atoms with Gasteiger partial charge in [-0.05, 0) is 69.4 Å². The summed E-state index contributed by atoms with van der Waals surface area (Å²) in [5, 5.41) is 1.93. The van der Waals surface area contributed by atoms with Gasteiger partial charge in [0.1, 0.15) is 5.76 Å². The quantitative estimate of drug-likeness (QED) is 0.570. The Balaban J connectivity index is 1.81. The van der Waals surface area contributed by atoms with Crippen molar-refractivity contribution < 1.29 is 19.2 Å². The molecule has 0 saturated heterocycles. The minimum Gasteiger partial charge on any atom is -0.462 e. The summed E-state index contributed by atoms with van der Waals surface area (Å²) in [5.41, 5.74) is 13.5. The number of aromatic nitrogens is 1. The van der Waals surface area contributed by atoms with Crippen molar-refractivity contribution in [2.45, 2.75) is 46.2 Å². The van der Waals surface area contributed by atoms with Crippen LogP contribution in [0.5, 0.6) is 0 Å². The molecule has 1 aliphatic heterocycles. The third kappa shape index (κ3) is 3.33. The van der Waals surface area contributed by atoms with Gasteiger partial charge >= 0.3 is 5.97 Å². The number of ether oxygens (including phenoxy) is 1. The van der Waals surface area contributed by atoms with E-state index in [1.165, 1.54) is 0 Å². The van der Waals surface area contributed by atoms with Crippen molar-refractivity contribution in [3.63, 3.8) is 0 Å². The monoisotopic (exact) mass is 433 g/mol. The number of nitrogens with two attached hydrogens (primary N) is 1. The van der Waals surface area contributed by atoms with Gasteiger partial charge in [-0.3, -0.25) is 4.79 Å². The number of amides is 1. The van der Waals surface area contributed by atoms with Gasteiger partial charge < -0.3 is 19.9 Å². The highest BCUT2D eigenvalue weighted by Gasteiger charge is 2.28. The third-order valence-electron chi connectivity index (χ3n) is 6.38. The molecular formula is C25H27N3O4. The highest BCUT2D eigenvalue weighted by Crippen LogP contribution is 2.40. The first-order valence-corrected chi connectivity index (χ1v) is 11.1. The van der Waals surface area contributed by atoms with Crippen molar-refractivity contribution in [1.29, 1.82) is 0 Å². The number of nitrogens with one attached hydrogen (secondary N) is 1. The summed E-state index contributed by atoms with van der Waals surface area (Å²) >= 11 is 0. The maximum Gasteiger partial charge on any atom is 0.338 e. The molecule has 0 bridgehead atoms. The summed E-state index contributed by atoms with van der Waals surface area (Å²) in [5.74, 6) is 0.522. The molecule has 1 aromatic heterocycles. The summed E-state index contributed by atoms with van der Waals surface area (Å²) in [7, 11) is 0. The van der Waals surface area contributed by atoms with Gasteiger partial charge in [-0.2, -0.15) is 0 Å². The van der Waals surface area contributed by atoms with E-state index in [2.05, 4.69) is 16.1 Å². The van der Waals surface area contributed by atoms with Gasteiger partial charge in [0.05, 0.1) is 29.3 Å². The fourth-order valence-electron chi connectivity index (χ4n) is 4.72. The summed E-state index contributed by atoms with van der Waals surface area (Å²) in [6, 6.07) is 9.55. The van der Waals surface area contributed by atoms with Crippen molar-refractivity contribution in [2.75, 3.05) is 6.61 Å². The van der Waals surface area contributed by atoms with Crippen molar-refractivity contribution in [2.24, 2.45) is 11.7 Å². The Labute approximate surface area is 186 Å². The van der Waals surface area contributed by atoms with Gasteiger partial charge in [-0.15, -0.1) is 5.48 Å². The minimum absolute atomic E-state index is 0.0107. The summed E-state index contributed by atoms with van der Waals surface area (Å²) < 4.78 is 7.36. The zero-order valence-electron chi connectivity index (χ0n) is 18.5. The average molecular weight is 434 g/mol. The third-order valence-corrected chi connectivity index (χ3v) is 6.38. The number of hydrogen-bond donors (Lipinski definition) is 2. The number of nitrogens with zero attached hydrogens (tertiary/aromatic N) is 1. The number of esters is 1. The first kappa shape index (κ1) is 20.6. The molecule has 5 rings (SSSR count). The van der Waals surface area contributed by atoms with Gasteiger partial charge in [0.2, 0.25) is 0 Å². The molecule has 1 unspecified atom stereocenters. The van der Waals surface area contributed by atoms with Crippen LogP contribution in [-0.2, 0) is 16.1 Å². The number of carbonyl (C=O) groups excluding carboxylic acids is 2. The lowest BCUT2D eigenvalue weighted by atomic mass is 9.95. The fourth-order valence-corrected chi connectivity index (χ4v) is 4.72. The fraction of sp³-hybridized carbons (Fsp3) is 0.360. The number of fused-ring (bicyclic) bond motifs is 3. The Morgan fingerprint density at radius 1 is 1.22 bits per heavy atom. The largest absolute Gasteiger partial charge is 0.462 e. The molecule has 1 saturated carbocycles. The molecule has 0 radical (unpaired) electrons. The molecule has 2 aromatic carbocycles. The second-order valence-electron chi connectivity index (χ2n) is 8.70. The zero-order chi connectivity index (χ0) is 22.6. The lowest BCUT2D eigenvalue weighted by molar-refractivity contribution is 0.0526. The van der Waals surface area contributed by atoms with Crippen LogP contribution in [0.15, 0.2) is 36.1 Å². The predicted octanol–water partition coefficient (Wildman–Crippen LogP) is 4.13. The van der Waals surface area contributed by atoms with Crippen LogP contribution in [0.2, 0.25) is 0 Å². The topological polar surface area (TPSA) is 95.6 Å². The maximum absolute atomic E-state index is 12.6. The van der Waals surface area contributed by atoms with Gasteiger partial charge in [-0.25, -0.2) is 4.79 Å². The van der Waals surface area contributed by atoms with Crippen molar-refractivity contribution in [3.05, 3.63) is 52.8 Å². The molecule has 1 aliphatic carbocycles. The number of benzene rings is 2. The van der Waals surface area contributed by atoms with E-state index in [-0.39, 0.29) is 12.0 Å². The summed E-state index contributed by atoms with van der Waals surface area (Å²) in [4.78, 5) is 30.5. The smallest absolute Gasteiger partial charge is 0.338 e. The predicted molar refractivity (Wildman–Crippen MR) is 123 cm³/mol. The number of rotatable bonds is 6. The normalized spacial score (nSPS) is 18.4. The molecule has 1 fully saturated rings. The number of allylic oxidation sites excluding steroid dienone is 1. The Kier molecular flexibility index (Phi) is 4.93. The van der Waals surface area contributed by atoms with Crippen LogP contribution in [0, 0.1) is 5.92 Å². The second kappa shape index (κ2) is 7.67. The van der Waals surface area contributed by atoms with E-state index in [0.29, 0.717) is 23.7 Å². The molecule has 2 heterocycles. The Bertz CT molecular complexity index is 1300. The molecular weight excluding hydrogens is 406 g/mol. The molecule has 166 valence electrons. The van der Waals surface area contributed by atoms with Gasteiger partial charge in [0, 0.05) is 28.4 Å². The van der Waals surface area contributed by atoms with Crippen LogP contribution in [0.3, 0.4) is 0 Å². The van der Waals surface area contributed by atoms with Crippen LogP contribution in [0.1, 0.15) is 59.9 Å². The van der Waals surface area contributed by atoms with Crippen molar-refractivity contribution in [1.82, 2.24) is 10.0 Å². The summed E-state index contributed by atoms with van der Waals surface area (Å²) in [6.07, 6.45) is 2.32. The van der Waals surface area contributed by atoms with E-state index in [4.69, 9.17) is 15.3 Å². The molecule has 1 amide bonds. The molecule has 0 spiro atoms. The van der Waals surface area contributed by atoms with Gasteiger partial charge in [0.25, 0.3) is 5.91 Å². The standard InChI is InChI=1S/C25H27N3O4/c1-4-31-25(30)16-7-8-18-19-9-17(22-13(2)27-32-14(22)3)10-20(24(26)29)23(19)28(21(18)11-16)12-15-5-6-15/h7-11,13,15,27H,4-6,12H2,1-3H3,(H2,26,29). The van der Waals surface area contributed by atoms with Crippen molar-refractivity contribution >= 4 is 39.3 Å². The van der Waals surface area contributed by atoms with Crippen LogP contribution in [0.25, 0.3) is 27.4 Å². The Morgan fingerprint density at radius 2 is 2.00 bits per heavy atom. The molecule has 2 aliphatic rings. The number of hydrogen-bond acceptors (Lipinski definition) is 5. The molecule has 32 heavy (non-hydrogen) atoms. The van der Waals surface area contributed by atoms with Crippen LogP contribution in [0.4, 0.5) is 0 Å². The van der Waals surface area contributed by atoms with Crippen molar-refractivity contribution in [3.8, 4) is 0 Å². The lowest BCUT2D eigenvalue weighted by Crippen LogP contribution is -2.19. The zero-order valence-corrected chi connectivity index (χ0v) is 18.5. The Morgan fingerprint density at radius 3 is 2.62 bits per heavy atom. The molecule has 7 nitrogen and oxygen atoms in total. The molecule has 3 N–H and O–H groups in total. The molecule has 3 aromatic rings. The number of hydroxylamine groups is 1. The maximum atomic E-state index is 12.6. The van der Waals surface area contributed by atoms with Crippen LogP contribution in [-0.4, -0.2) is 29.1 Å². The SMILES string of the molecule is CCOC(=O)c1ccc2c3cc(C4=C(C)ONC4C)cc(C(N)=O)c3n(CC3CC3)c2c1. The van der Waals surface area contributed by atoms with Gasteiger partial charge in [-0.1, -0.05) is 6.07 Å². The second-order valence-corrected chi connectivity index (χ2v) is 8.70. The van der Waals surface area contributed by atoms with E-state index in [0.717, 1.165) is 58.1 Å². The van der Waals surface area contributed by atoms with Crippen LogP contribution < -0.4 is 11.2 Å². The van der Waals surface area contributed by atoms with Crippen LogP contribution >= 0.6 is 0 Å². The highest BCUT2D eigenvalue weighted by atomic mass is 16.7. The summed E-state index contributed by atoms with van der Waals surface area (Å²) in [6.45, 7) is 6.82. The minimum atomic E-state index is -0.472. The molecule has 1 atom stereocenters. The number of primary amides is 1. The first-order chi connectivity index (χ1) is 15.4. The van der Waals surface area contributed by atoms with E-state index >= 15 is 0 Å². The number of carbonyl (C=O) groups is 2. The van der Waals surface area contributed by atoms with E-state index in [1.807, 2.05) is 32.0 Å². The van der Waals surface area contributed by atoms with E-state index in [1.54, 1.807) is 13.0 Å². The van der Waals surface area contributed by atoms with Gasteiger partial charge in [0.15, 0.2) is 0 Å². The van der Waals surface area contributed by atoms with E-state index < -0.39 is 5.91 Å². The highest BCUT2D eigenvalue weighted by molar-refractivity contribution is 6.17. The molecule has 7 heteroatoms. The Hall–Kier alpha value is -3.32. The van der Waals surface area contributed by atoms with E-state index in [9.17, 15) is 9.59 Å².